The molecule has 2 unspecified atom stereocenters. The summed E-state index contributed by atoms with van der Waals surface area (Å²) < 4.78 is 0. The normalized spacial score (nSPS) is 15.1. The highest BCUT2D eigenvalue weighted by molar-refractivity contribution is 4.85. The zero-order valence-corrected chi connectivity index (χ0v) is 10.5. The second kappa shape index (κ2) is 10.5. The number of aliphatic hydroxyl groups is 4. The average molecular weight is 247 g/mol. The molecule has 0 saturated heterocycles. The van der Waals surface area contributed by atoms with Crippen molar-refractivity contribution >= 4 is 0 Å². The Morgan fingerprint density at radius 2 is 1.59 bits per heavy atom. The molecule has 2 atom stereocenters. The predicted octanol–water partition coefficient (Wildman–Crippen LogP) is -0.301. The van der Waals surface area contributed by atoms with Crippen molar-refractivity contribution in [2.24, 2.45) is 0 Å². The molecule has 0 aromatic heterocycles. The predicted molar refractivity (Wildman–Crippen MR) is 66.4 cm³/mol. The maximum Gasteiger partial charge on any atom is 0.0945 e. The summed E-state index contributed by atoms with van der Waals surface area (Å²) in [5, 5.41) is 36.2. The molecule has 5 heteroatoms. The fraction of sp³-hybridized carbons (Fsp3) is 0.833. The van der Waals surface area contributed by atoms with Crippen molar-refractivity contribution in [3.63, 3.8) is 0 Å². The summed E-state index contributed by atoms with van der Waals surface area (Å²) in [5.74, 6) is 0. The van der Waals surface area contributed by atoms with Gasteiger partial charge in [-0.1, -0.05) is 25.8 Å². The number of aliphatic hydroxyl groups excluding tert-OH is 4. The fourth-order valence-electron chi connectivity index (χ4n) is 1.40. The van der Waals surface area contributed by atoms with Gasteiger partial charge >= 0.3 is 0 Å². The monoisotopic (exact) mass is 247 g/mol. The van der Waals surface area contributed by atoms with Gasteiger partial charge < -0.3 is 25.3 Å². The van der Waals surface area contributed by atoms with Crippen molar-refractivity contribution < 1.29 is 20.4 Å². The molecule has 0 heterocycles. The third-order valence-electron chi connectivity index (χ3n) is 2.35. The molecule has 0 radical (unpaired) electrons. The molecule has 0 aromatic rings. The molecule has 0 aromatic carbocycles. The van der Waals surface area contributed by atoms with Crippen molar-refractivity contribution in [3.05, 3.63) is 12.3 Å². The summed E-state index contributed by atoms with van der Waals surface area (Å²) in [5.41, 5.74) is 0. The van der Waals surface area contributed by atoms with Crippen LogP contribution in [0.15, 0.2) is 12.3 Å². The van der Waals surface area contributed by atoms with Gasteiger partial charge in [0.05, 0.1) is 25.4 Å². The Labute approximate surface area is 103 Å². The minimum atomic E-state index is -0.836. The summed E-state index contributed by atoms with van der Waals surface area (Å²) in [4.78, 5) is 1.71. The summed E-state index contributed by atoms with van der Waals surface area (Å²) >= 11 is 0. The largest absolute Gasteiger partial charge is 0.394 e. The summed E-state index contributed by atoms with van der Waals surface area (Å²) in [6.45, 7) is 1.98. The van der Waals surface area contributed by atoms with Crippen LogP contribution in [0.2, 0.25) is 0 Å². The lowest BCUT2D eigenvalue weighted by molar-refractivity contribution is 0.0393. The van der Waals surface area contributed by atoms with E-state index in [0.717, 1.165) is 19.3 Å². The highest BCUT2D eigenvalue weighted by Crippen LogP contribution is 2.01. The fourth-order valence-corrected chi connectivity index (χ4v) is 1.40. The van der Waals surface area contributed by atoms with E-state index in [1.807, 2.05) is 6.08 Å². The molecule has 5 nitrogen and oxygen atoms in total. The highest BCUT2D eigenvalue weighted by Gasteiger charge is 2.11. The van der Waals surface area contributed by atoms with E-state index in [0.29, 0.717) is 0 Å². The van der Waals surface area contributed by atoms with Gasteiger partial charge in [0.1, 0.15) is 0 Å². The van der Waals surface area contributed by atoms with Crippen LogP contribution in [0.1, 0.15) is 26.2 Å². The molecule has 0 saturated carbocycles. The van der Waals surface area contributed by atoms with Crippen molar-refractivity contribution in [2.75, 3.05) is 26.3 Å². The van der Waals surface area contributed by atoms with E-state index in [9.17, 15) is 10.2 Å². The quantitative estimate of drug-likeness (QED) is 0.398. The molecular formula is C12H25NO4. The van der Waals surface area contributed by atoms with Crippen LogP contribution in [0.3, 0.4) is 0 Å². The molecule has 0 fully saturated rings. The van der Waals surface area contributed by atoms with Crippen LogP contribution in [0.4, 0.5) is 0 Å². The van der Waals surface area contributed by atoms with Crippen LogP contribution >= 0.6 is 0 Å². The number of hydrogen-bond acceptors (Lipinski definition) is 5. The molecule has 0 rings (SSSR count). The van der Waals surface area contributed by atoms with E-state index in [1.54, 1.807) is 11.1 Å². The lowest BCUT2D eigenvalue weighted by Gasteiger charge is -2.24. The molecule has 0 amide bonds. The van der Waals surface area contributed by atoms with Gasteiger partial charge in [-0.2, -0.15) is 0 Å². The van der Waals surface area contributed by atoms with E-state index in [1.165, 1.54) is 0 Å². The van der Waals surface area contributed by atoms with E-state index >= 15 is 0 Å². The van der Waals surface area contributed by atoms with Gasteiger partial charge in [0.25, 0.3) is 0 Å². The topological polar surface area (TPSA) is 84.2 Å². The van der Waals surface area contributed by atoms with Gasteiger partial charge in [-0.05, 0) is 12.6 Å². The molecular weight excluding hydrogens is 222 g/mol. The van der Waals surface area contributed by atoms with Crippen molar-refractivity contribution in [1.29, 1.82) is 0 Å². The minimum Gasteiger partial charge on any atom is -0.394 e. The van der Waals surface area contributed by atoms with Crippen LogP contribution in [-0.4, -0.2) is 63.8 Å². The second-order valence-electron chi connectivity index (χ2n) is 4.15. The van der Waals surface area contributed by atoms with Crippen LogP contribution in [0.25, 0.3) is 0 Å². The molecule has 0 spiro atoms. The molecule has 4 N–H and O–H groups in total. The van der Waals surface area contributed by atoms with Crippen LogP contribution < -0.4 is 0 Å². The molecule has 17 heavy (non-hydrogen) atoms. The maximum atomic E-state index is 9.35. The van der Waals surface area contributed by atoms with E-state index in [4.69, 9.17) is 10.2 Å². The summed E-state index contributed by atoms with van der Waals surface area (Å²) in [6, 6.07) is 0. The zero-order chi connectivity index (χ0) is 13.1. The summed E-state index contributed by atoms with van der Waals surface area (Å²) in [6.07, 6.45) is 5.24. The van der Waals surface area contributed by atoms with Crippen molar-refractivity contribution in [1.82, 2.24) is 4.90 Å². The Kier molecular flexibility index (Phi) is 10.1. The smallest absolute Gasteiger partial charge is 0.0945 e. The van der Waals surface area contributed by atoms with Crippen molar-refractivity contribution in [3.8, 4) is 0 Å². The molecule has 0 aliphatic rings. The van der Waals surface area contributed by atoms with Crippen LogP contribution in [-0.2, 0) is 0 Å². The number of nitrogens with zero attached hydrogens (tertiary/aromatic N) is 1. The Hall–Kier alpha value is -0.620. The van der Waals surface area contributed by atoms with Gasteiger partial charge in [-0.25, -0.2) is 0 Å². The van der Waals surface area contributed by atoms with Gasteiger partial charge in [-0.15, -0.1) is 0 Å². The Morgan fingerprint density at radius 3 is 2.00 bits per heavy atom. The average Bonchev–Trinajstić information content (AvgIpc) is 2.33. The second-order valence-corrected chi connectivity index (χ2v) is 4.15. The van der Waals surface area contributed by atoms with E-state index < -0.39 is 12.2 Å². The lowest BCUT2D eigenvalue weighted by atomic mass is 10.2. The maximum absolute atomic E-state index is 9.35. The highest BCUT2D eigenvalue weighted by atomic mass is 16.3. The van der Waals surface area contributed by atoms with Crippen LogP contribution in [0.5, 0.6) is 0 Å². The minimum absolute atomic E-state index is 0.246. The SMILES string of the molecule is CCCC/C=C\N(CC(O)CO)CC(O)CO. The third kappa shape index (κ3) is 9.12. The molecule has 102 valence electrons. The van der Waals surface area contributed by atoms with Gasteiger partial charge in [-0.3, -0.25) is 0 Å². The molecule has 0 aliphatic carbocycles. The number of allylic oxidation sites excluding steroid dienone is 1. The first-order valence-corrected chi connectivity index (χ1v) is 6.12. The Balaban J connectivity index is 4.14. The summed E-state index contributed by atoms with van der Waals surface area (Å²) in [7, 11) is 0. The van der Waals surface area contributed by atoms with Gasteiger partial charge in [0.2, 0.25) is 0 Å². The lowest BCUT2D eigenvalue weighted by Crippen LogP contribution is -2.37. The zero-order valence-electron chi connectivity index (χ0n) is 10.5. The standard InChI is InChI=1S/C12H25NO4/c1-2-3-4-5-6-13(7-11(16)9-14)8-12(17)10-15/h5-6,11-12,14-17H,2-4,7-10H2,1H3/b6-5-. The number of unbranched alkanes of at least 4 members (excludes halogenated alkanes) is 2. The molecule has 0 bridgehead atoms. The van der Waals surface area contributed by atoms with Gasteiger partial charge in [0.15, 0.2) is 0 Å². The van der Waals surface area contributed by atoms with Gasteiger partial charge in [0, 0.05) is 13.1 Å². The Bertz CT molecular complexity index is 187. The Morgan fingerprint density at radius 1 is 1.06 bits per heavy atom. The van der Waals surface area contributed by atoms with Crippen LogP contribution in [0, 0.1) is 0 Å². The first-order chi connectivity index (χ1) is 8.13. The van der Waals surface area contributed by atoms with E-state index in [-0.39, 0.29) is 26.3 Å². The first kappa shape index (κ1) is 16.4. The third-order valence-corrected chi connectivity index (χ3v) is 2.35. The number of rotatable bonds is 10. The van der Waals surface area contributed by atoms with Crippen molar-refractivity contribution in [2.45, 2.75) is 38.4 Å². The molecule has 0 aliphatic heterocycles. The number of hydrogen-bond donors (Lipinski definition) is 4. The first-order valence-electron chi connectivity index (χ1n) is 6.12. The van der Waals surface area contributed by atoms with E-state index in [2.05, 4.69) is 6.92 Å².